The van der Waals surface area contributed by atoms with Gasteiger partial charge in [0.05, 0.1) is 0 Å². The number of halogens is 1. The molecule has 1 N–H and O–H groups in total. The maximum Gasteiger partial charge on any atom is 0.0210 e. The zero-order valence-electron chi connectivity index (χ0n) is 10.3. The maximum absolute atomic E-state index is 3.80. The van der Waals surface area contributed by atoms with Crippen LogP contribution in [0.2, 0.25) is 0 Å². The van der Waals surface area contributed by atoms with E-state index in [1.165, 1.54) is 35.7 Å². The molecule has 1 aromatic carbocycles. The first-order chi connectivity index (χ1) is 8.28. The molecule has 0 aromatic heterocycles. The second-order valence-electron chi connectivity index (χ2n) is 5.56. The van der Waals surface area contributed by atoms with Gasteiger partial charge in [-0.25, -0.2) is 0 Å². The van der Waals surface area contributed by atoms with E-state index in [1.54, 1.807) is 0 Å². The van der Waals surface area contributed by atoms with Gasteiger partial charge in [0.1, 0.15) is 0 Å². The van der Waals surface area contributed by atoms with Crippen molar-refractivity contribution >= 4 is 15.9 Å². The van der Waals surface area contributed by atoms with Crippen LogP contribution in [0, 0.1) is 5.92 Å². The lowest BCUT2D eigenvalue weighted by molar-refractivity contribution is 0.284. The van der Waals surface area contributed by atoms with E-state index in [0.717, 1.165) is 23.9 Å². The predicted octanol–water partition coefficient (Wildman–Crippen LogP) is 4.08. The van der Waals surface area contributed by atoms with Crippen LogP contribution in [0.4, 0.5) is 0 Å². The molecule has 2 unspecified atom stereocenters. The first kappa shape index (κ1) is 11.7. The van der Waals surface area contributed by atoms with Crippen molar-refractivity contribution in [3.63, 3.8) is 0 Å². The van der Waals surface area contributed by atoms with E-state index in [-0.39, 0.29) is 0 Å². The normalized spacial score (nSPS) is 35.4. The zero-order chi connectivity index (χ0) is 11.8. The Hall–Kier alpha value is -0.340. The number of rotatable bonds is 4. The molecule has 0 heterocycles. The van der Waals surface area contributed by atoms with Crippen molar-refractivity contribution in [2.24, 2.45) is 5.92 Å². The van der Waals surface area contributed by atoms with Crippen LogP contribution in [0.5, 0.6) is 0 Å². The Morgan fingerprint density at radius 1 is 1.24 bits per heavy atom. The molecule has 2 heteroatoms. The smallest absolute Gasteiger partial charge is 0.0210 e. The molecule has 0 radical (unpaired) electrons. The molecular weight excluding hydrogens is 274 g/mol. The second-order valence-corrected chi connectivity index (χ2v) is 6.42. The minimum atomic E-state index is 0.766. The van der Waals surface area contributed by atoms with Gasteiger partial charge in [0, 0.05) is 16.6 Å². The van der Waals surface area contributed by atoms with Crippen LogP contribution >= 0.6 is 15.9 Å². The molecule has 2 fully saturated rings. The molecule has 2 aliphatic carbocycles. The topological polar surface area (TPSA) is 12.0 Å². The van der Waals surface area contributed by atoms with Gasteiger partial charge in [-0.2, -0.15) is 0 Å². The molecule has 92 valence electrons. The van der Waals surface area contributed by atoms with Crippen LogP contribution in [0.3, 0.4) is 0 Å². The van der Waals surface area contributed by atoms with Gasteiger partial charge < -0.3 is 5.32 Å². The summed E-state index contributed by atoms with van der Waals surface area (Å²) < 4.78 is 1.28. The van der Waals surface area contributed by atoms with Gasteiger partial charge in [0.25, 0.3) is 0 Å². The fourth-order valence-electron chi connectivity index (χ4n) is 3.02. The lowest BCUT2D eigenvalue weighted by Gasteiger charge is -2.37. The summed E-state index contributed by atoms with van der Waals surface area (Å²) >= 11 is 3.66. The summed E-state index contributed by atoms with van der Waals surface area (Å²) in [6.45, 7) is 2.30. The Labute approximate surface area is 112 Å². The van der Waals surface area contributed by atoms with Crippen LogP contribution in [0.25, 0.3) is 0 Å². The Kier molecular flexibility index (Phi) is 3.27. The fourth-order valence-corrected chi connectivity index (χ4v) is 3.63. The monoisotopic (exact) mass is 293 g/mol. The van der Waals surface area contributed by atoms with Crippen LogP contribution < -0.4 is 5.32 Å². The molecule has 2 saturated carbocycles. The van der Waals surface area contributed by atoms with Crippen molar-refractivity contribution in [1.82, 2.24) is 5.32 Å². The van der Waals surface area contributed by atoms with Crippen LogP contribution in [-0.2, 0) is 0 Å². The molecule has 0 spiro atoms. The molecule has 2 aliphatic rings. The second kappa shape index (κ2) is 4.74. The summed E-state index contributed by atoms with van der Waals surface area (Å²) in [7, 11) is 0. The lowest BCUT2D eigenvalue weighted by atomic mass is 9.76. The number of hydrogen-bond donors (Lipinski definition) is 1. The van der Waals surface area contributed by atoms with Crippen molar-refractivity contribution in [2.75, 3.05) is 0 Å². The van der Waals surface area contributed by atoms with Crippen LogP contribution in [-0.4, -0.2) is 12.1 Å². The van der Waals surface area contributed by atoms with E-state index in [2.05, 4.69) is 52.4 Å². The molecule has 0 bridgehead atoms. The summed E-state index contributed by atoms with van der Waals surface area (Å²) in [5.74, 6) is 1.74. The van der Waals surface area contributed by atoms with Crippen molar-refractivity contribution in [3.05, 3.63) is 34.3 Å². The van der Waals surface area contributed by atoms with Gasteiger partial charge in [-0.05, 0) is 42.7 Å². The molecule has 0 aliphatic heterocycles. The maximum atomic E-state index is 3.80. The highest BCUT2D eigenvalue weighted by Crippen LogP contribution is 2.42. The summed E-state index contributed by atoms with van der Waals surface area (Å²) in [5, 5.41) is 3.80. The fraction of sp³-hybridized carbons (Fsp3) is 0.600. The zero-order valence-corrected chi connectivity index (χ0v) is 11.9. The highest BCUT2D eigenvalue weighted by atomic mass is 79.9. The van der Waals surface area contributed by atoms with E-state index in [9.17, 15) is 0 Å². The number of nitrogens with one attached hydrogen (secondary N) is 1. The summed E-state index contributed by atoms with van der Waals surface area (Å²) in [5.41, 5.74) is 1.49. The third kappa shape index (κ3) is 2.43. The van der Waals surface area contributed by atoms with E-state index in [4.69, 9.17) is 0 Å². The minimum Gasteiger partial charge on any atom is -0.311 e. The van der Waals surface area contributed by atoms with Gasteiger partial charge in [0.2, 0.25) is 0 Å². The molecule has 1 aromatic rings. The third-order valence-electron chi connectivity index (χ3n) is 4.38. The standard InChI is InChI=1S/C15H20BrN/c1-2-10-9-15(10)17-12-7-11(8-12)13-5-3-4-6-14(13)16/h3-6,10-12,15,17H,2,7-9H2,1H3. The lowest BCUT2D eigenvalue weighted by Crippen LogP contribution is -2.41. The quantitative estimate of drug-likeness (QED) is 0.882. The summed E-state index contributed by atoms with van der Waals surface area (Å²) in [6.07, 6.45) is 5.38. The molecular formula is C15H20BrN. The molecule has 3 rings (SSSR count). The molecule has 17 heavy (non-hydrogen) atoms. The van der Waals surface area contributed by atoms with E-state index in [0.29, 0.717) is 0 Å². The predicted molar refractivity (Wildman–Crippen MR) is 75.2 cm³/mol. The van der Waals surface area contributed by atoms with Crippen molar-refractivity contribution in [1.29, 1.82) is 0 Å². The van der Waals surface area contributed by atoms with Gasteiger partial charge in [0.15, 0.2) is 0 Å². The average molecular weight is 294 g/mol. The Morgan fingerprint density at radius 3 is 2.65 bits per heavy atom. The highest BCUT2D eigenvalue weighted by Gasteiger charge is 2.40. The average Bonchev–Trinajstić information content (AvgIpc) is 3.03. The molecule has 0 amide bonds. The van der Waals surface area contributed by atoms with Gasteiger partial charge >= 0.3 is 0 Å². The van der Waals surface area contributed by atoms with Crippen LogP contribution in [0.1, 0.15) is 44.1 Å². The Morgan fingerprint density at radius 2 is 2.00 bits per heavy atom. The third-order valence-corrected chi connectivity index (χ3v) is 5.10. The van der Waals surface area contributed by atoms with Crippen molar-refractivity contribution in [3.8, 4) is 0 Å². The van der Waals surface area contributed by atoms with Gasteiger partial charge in [-0.3, -0.25) is 0 Å². The molecule has 0 saturated heterocycles. The first-order valence-corrected chi connectivity index (χ1v) is 7.57. The van der Waals surface area contributed by atoms with Crippen molar-refractivity contribution in [2.45, 2.75) is 50.6 Å². The molecule has 2 atom stereocenters. The number of hydrogen-bond acceptors (Lipinski definition) is 1. The largest absolute Gasteiger partial charge is 0.311 e. The Bertz CT molecular complexity index is 398. The highest BCUT2D eigenvalue weighted by molar-refractivity contribution is 9.10. The van der Waals surface area contributed by atoms with Crippen molar-refractivity contribution < 1.29 is 0 Å². The SMILES string of the molecule is CCC1CC1NC1CC(c2ccccc2Br)C1. The van der Waals surface area contributed by atoms with E-state index < -0.39 is 0 Å². The summed E-state index contributed by atoms with van der Waals surface area (Å²) in [4.78, 5) is 0. The Balaban J connectivity index is 1.50. The summed E-state index contributed by atoms with van der Waals surface area (Å²) in [6, 6.07) is 10.3. The van der Waals surface area contributed by atoms with Gasteiger partial charge in [-0.1, -0.05) is 47.5 Å². The van der Waals surface area contributed by atoms with E-state index >= 15 is 0 Å². The number of benzene rings is 1. The van der Waals surface area contributed by atoms with Gasteiger partial charge in [-0.15, -0.1) is 0 Å². The van der Waals surface area contributed by atoms with Crippen LogP contribution in [0.15, 0.2) is 28.7 Å². The van der Waals surface area contributed by atoms with E-state index in [1.807, 2.05) is 0 Å². The minimum absolute atomic E-state index is 0.766. The molecule has 1 nitrogen and oxygen atoms in total. The first-order valence-electron chi connectivity index (χ1n) is 6.78.